The maximum Gasteiger partial charge on any atom is 0.352 e. The van der Waals surface area contributed by atoms with E-state index in [0.717, 1.165) is 12.8 Å². The number of aromatic carboxylic acids is 1. The van der Waals surface area contributed by atoms with Crippen molar-refractivity contribution in [2.45, 2.75) is 44.9 Å². The summed E-state index contributed by atoms with van der Waals surface area (Å²) in [5.41, 5.74) is -0.481. The largest absolute Gasteiger partial charge is 0.477 e. The first-order chi connectivity index (χ1) is 8.39. The number of rotatable bonds is 3. The van der Waals surface area contributed by atoms with Crippen molar-refractivity contribution >= 4 is 5.97 Å². The molecule has 1 unspecified atom stereocenters. The van der Waals surface area contributed by atoms with Crippen LogP contribution in [0.25, 0.3) is 0 Å². The van der Waals surface area contributed by atoms with Gasteiger partial charge in [0.2, 0.25) is 0 Å². The molecule has 1 fully saturated rings. The van der Waals surface area contributed by atoms with Gasteiger partial charge < -0.3 is 9.84 Å². The highest BCUT2D eigenvalue weighted by Gasteiger charge is 2.32. The van der Waals surface area contributed by atoms with Gasteiger partial charge in [0, 0.05) is 6.07 Å². The Kier molecular flexibility index (Phi) is 3.26. The van der Waals surface area contributed by atoms with Gasteiger partial charge in [-0.15, -0.1) is 0 Å². The highest BCUT2D eigenvalue weighted by molar-refractivity contribution is 5.85. The lowest BCUT2D eigenvalue weighted by molar-refractivity contribution is -0.0223. The molecule has 18 heavy (non-hydrogen) atoms. The first kappa shape index (κ1) is 12.8. The van der Waals surface area contributed by atoms with Crippen LogP contribution in [-0.4, -0.2) is 27.3 Å². The predicted octanol–water partition coefficient (Wildman–Crippen LogP) is 1.50. The molecule has 1 saturated heterocycles. The van der Waals surface area contributed by atoms with Crippen molar-refractivity contribution < 1.29 is 14.6 Å². The number of hydrogen-bond donors (Lipinski definition) is 1. The quantitative estimate of drug-likeness (QED) is 0.884. The first-order valence-corrected chi connectivity index (χ1v) is 6.00. The Morgan fingerprint density at radius 2 is 2.28 bits per heavy atom. The molecule has 0 radical (unpaired) electrons. The van der Waals surface area contributed by atoms with Crippen LogP contribution in [-0.2, 0) is 11.3 Å². The van der Waals surface area contributed by atoms with Crippen molar-refractivity contribution in [2.75, 3.05) is 0 Å². The van der Waals surface area contributed by atoms with Gasteiger partial charge in [-0.05, 0) is 32.8 Å². The van der Waals surface area contributed by atoms with Gasteiger partial charge in [0.1, 0.15) is 5.69 Å². The van der Waals surface area contributed by atoms with E-state index in [1.165, 1.54) is 22.8 Å². The molecule has 1 atom stereocenters. The summed E-state index contributed by atoms with van der Waals surface area (Å²) in [6, 6.07) is 4.26. The van der Waals surface area contributed by atoms with Crippen molar-refractivity contribution in [3.8, 4) is 0 Å². The minimum Gasteiger partial charge on any atom is -0.477 e. The van der Waals surface area contributed by atoms with Gasteiger partial charge in [-0.1, -0.05) is 6.07 Å². The van der Waals surface area contributed by atoms with Crippen molar-refractivity contribution in [1.29, 1.82) is 0 Å². The summed E-state index contributed by atoms with van der Waals surface area (Å²) in [7, 11) is 0. The molecule has 0 amide bonds. The van der Waals surface area contributed by atoms with Gasteiger partial charge in [-0.2, -0.15) is 0 Å². The van der Waals surface area contributed by atoms with Crippen LogP contribution >= 0.6 is 0 Å². The summed E-state index contributed by atoms with van der Waals surface area (Å²) < 4.78 is 7.06. The summed E-state index contributed by atoms with van der Waals surface area (Å²) in [4.78, 5) is 22.8. The molecule has 1 N–H and O–H groups in total. The van der Waals surface area contributed by atoms with Crippen LogP contribution in [0.4, 0.5) is 0 Å². The molecule has 2 rings (SSSR count). The molecule has 1 aliphatic heterocycles. The zero-order valence-corrected chi connectivity index (χ0v) is 10.5. The molecule has 0 aliphatic carbocycles. The number of carboxylic acid groups (broad SMARTS) is 1. The van der Waals surface area contributed by atoms with E-state index in [1.54, 1.807) is 0 Å². The van der Waals surface area contributed by atoms with Gasteiger partial charge >= 0.3 is 5.97 Å². The molecule has 1 aliphatic rings. The summed E-state index contributed by atoms with van der Waals surface area (Å²) in [5.74, 6) is -1.09. The highest BCUT2D eigenvalue weighted by atomic mass is 16.5. The zero-order chi connectivity index (χ0) is 13.3. The summed E-state index contributed by atoms with van der Waals surface area (Å²) >= 11 is 0. The second-order valence-corrected chi connectivity index (χ2v) is 5.20. The Hall–Kier alpha value is -1.62. The average molecular weight is 251 g/mol. The SMILES string of the molecule is CC1(C)CCC(Cn2c(C(=O)O)cccc2=O)O1. The lowest BCUT2D eigenvalue weighted by Gasteiger charge is -2.20. The van der Waals surface area contributed by atoms with Crippen molar-refractivity contribution in [3.05, 3.63) is 34.2 Å². The third-order valence-electron chi connectivity index (χ3n) is 3.21. The molecule has 1 aromatic heterocycles. The molecular formula is C13H17NO4. The van der Waals surface area contributed by atoms with Gasteiger partial charge in [0.15, 0.2) is 0 Å². The number of ether oxygens (including phenoxy) is 1. The Bertz CT molecular complexity index is 518. The Labute approximate surface area is 105 Å². The zero-order valence-electron chi connectivity index (χ0n) is 10.5. The van der Waals surface area contributed by atoms with Gasteiger partial charge in [0.05, 0.1) is 18.2 Å². The Balaban J connectivity index is 2.24. The third kappa shape index (κ3) is 2.61. The summed E-state index contributed by atoms with van der Waals surface area (Å²) in [5, 5.41) is 9.07. The molecule has 5 nitrogen and oxygen atoms in total. The van der Waals surface area contributed by atoms with Gasteiger partial charge in [-0.3, -0.25) is 9.36 Å². The second kappa shape index (κ2) is 4.57. The fourth-order valence-electron chi connectivity index (χ4n) is 2.31. The molecule has 98 valence electrons. The predicted molar refractivity (Wildman–Crippen MR) is 65.8 cm³/mol. The summed E-state index contributed by atoms with van der Waals surface area (Å²) in [6.07, 6.45) is 1.66. The standard InChI is InChI=1S/C13H17NO4/c1-13(2)7-6-9(18-13)8-14-10(12(16)17)4-3-5-11(14)15/h3-5,9H,6-8H2,1-2H3,(H,16,17). The van der Waals surface area contributed by atoms with Crippen LogP contribution in [0.1, 0.15) is 37.2 Å². The molecular weight excluding hydrogens is 234 g/mol. The van der Waals surface area contributed by atoms with Crippen molar-refractivity contribution in [2.24, 2.45) is 0 Å². The molecule has 1 aromatic rings. The van der Waals surface area contributed by atoms with E-state index in [4.69, 9.17) is 9.84 Å². The number of hydrogen-bond acceptors (Lipinski definition) is 3. The Morgan fingerprint density at radius 3 is 2.83 bits per heavy atom. The first-order valence-electron chi connectivity index (χ1n) is 6.00. The maximum atomic E-state index is 11.7. The molecule has 0 bridgehead atoms. The second-order valence-electron chi connectivity index (χ2n) is 5.20. The normalized spacial score (nSPS) is 22.0. The topological polar surface area (TPSA) is 68.5 Å². The van der Waals surface area contributed by atoms with Gasteiger partial charge in [0.25, 0.3) is 5.56 Å². The van der Waals surface area contributed by atoms with E-state index >= 15 is 0 Å². The lowest BCUT2D eigenvalue weighted by atomic mass is 10.1. The molecule has 5 heteroatoms. The Morgan fingerprint density at radius 1 is 1.56 bits per heavy atom. The lowest BCUT2D eigenvalue weighted by Crippen LogP contribution is -2.31. The number of pyridine rings is 1. The molecule has 0 aromatic carbocycles. The minimum absolute atomic E-state index is 0.0100. The van der Waals surface area contributed by atoms with E-state index in [2.05, 4.69) is 0 Å². The number of carboxylic acids is 1. The van der Waals surface area contributed by atoms with Crippen LogP contribution in [0, 0.1) is 0 Å². The third-order valence-corrected chi connectivity index (χ3v) is 3.21. The van der Waals surface area contributed by atoms with Crippen LogP contribution in [0.5, 0.6) is 0 Å². The van der Waals surface area contributed by atoms with Crippen LogP contribution in [0.15, 0.2) is 23.0 Å². The number of carbonyl (C=O) groups is 1. The fourth-order valence-corrected chi connectivity index (χ4v) is 2.31. The van der Waals surface area contributed by atoms with E-state index in [0.29, 0.717) is 6.54 Å². The fraction of sp³-hybridized carbons (Fsp3) is 0.538. The van der Waals surface area contributed by atoms with Crippen molar-refractivity contribution in [1.82, 2.24) is 4.57 Å². The monoisotopic (exact) mass is 251 g/mol. The van der Waals surface area contributed by atoms with Crippen LogP contribution < -0.4 is 5.56 Å². The van der Waals surface area contributed by atoms with Crippen LogP contribution in [0.2, 0.25) is 0 Å². The number of nitrogens with zero attached hydrogens (tertiary/aromatic N) is 1. The van der Waals surface area contributed by atoms with E-state index < -0.39 is 5.97 Å². The van der Waals surface area contributed by atoms with Crippen LogP contribution in [0.3, 0.4) is 0 Å². The highest BCUT2D eigenvalue weighted by Crippen LogP contribution is 2.29. The van der Waals surface area contributed by atoms with E-state index in [1.807, 2.05) is 13.8 Å². The van der Waals surface area contributed by atoms with E-state index in [9.17, 15) is 9.59 Å². The molecule has 0 saturated carbocycles. The van der Waals surface area contributed by atoms with Crippen molar-refractivity contribution in [3.63, 3.8) is 0 Å². The molecule has 2 heterocycles. The minimum atomic E-state index is -1.09. The summed E-state index contributed by atoms with van der Waals surface area (Å²) in [6.45, 7) is 4.29. The number of aromatic nitrogens is 1. The maximum absolute atomic E-state index is 11.7. The average Bonchev–Trinajstić information content (AvgIpc) is 2.61. The van der Waals surface area contributed by atoms with E-state index in [-0.39, 0.29) is 23.0 Å². The van der Waals surface area contributed by atoms with Gasteiger partial charge in [-0.25, -0.2) is 4.79 Å². The molecule has 0 spiro atoms. The smallest absolute Gasteiger partial charge is 0.352 e.